The molecule has 1 aliphatic rings. The van der Waals surface area contributed by atoms with Gasteiger partial charge >= 0.3 is 6.61 Å². The molecule has 0 bridgehead atoms. The first-order valence-electron chi connectivity index (χ1n) is 7.67. The maximum absolute atomic E-state index is 12.3. The van der Waals surface area contributed by atoms with E-state index in [4.69, 9.17) is 0 Å². The largest absolute Gasteiger partial charge is 0.434 e. The van der Waals surface area contributed by atoms with Crippen LogP contribution >= 0.6 is 0 Å². The molecule has 5 nitrogen and oxygen atoms in total. The molecule has 2 rings (SSSR count). The van der Waals surface area contributed by atoms with Crippen LogP contribution in [0.1, 0.15) is 42.5 Å². The maximum atomic E-state index is 12.3. The molecule has 0 heterocycles. The summed E-state index contributed by atoms with van der Waals surface area (Å²) >= 11 is 0. The second-order valence-electron chi connectivity index (χ2n) is 5.46. The predicted octanol–water partition coefficient (Wildman–Crippen LogP) is 2.47. The van der Waals surface area contributed by atoms with Crippen LogP contribution in [0.15, 0.2) is 24.3 Å². The van der Waals surface area contributed by atoms with E-state index in [0.29, 0.717) is 0 Å². The molecule has 0 aliphatic heterocycles. The van der Waals surface area contributed by atoms with E-state index in [9.17, 15) is 18.4 Å². The van der Waals surface area contributed by atoms with E-state index in [1.54, 1.807) is 0 Å². The van der Waals surface area contributed by atoms with Crippen molar-refractivity contribution in [2.45, 2.75) is 44.8 Å². The van der Waals surface area contributed by atoms with Gasteiger partial charge in [-0.3, -0.25) is 9.59 Å². The third-order valence-electron chi connectivity index (χ3n) is 3.73. The summed E-state index contributed by atoms with van der Waals surface area (Å²) in [6.07, 6.45) is 5.27. The highest BCUT2D eigenvalue weighted by Gasteiger charge is 2.18. The second-order valence-corrected chi connectivity index (χ2v) is 5.46. The minimum absolute atomic E-state index is 0.0294. The Kier molecular flexibility index (Phi) is 6.31. The zero-order valence-corrected chi connectivity index (χ0v) is 12.7. The molecule has 126 valence electrons. The summed E-state index contributed by atoms with van der Waals surface area (Å²) in [5, 5.41) is 5.29. The molecule has 0 spiro atoms. The van der Waals surface area contributed by atoms with Crippen molar-refractivity contribution in [3.63, 3.8) is 0 Å². The lowest BCUT2D eigenvalue weighted by Gasteiger charge is -2.22. The molecule has 1 fully saturated rings. The van der Waals surface area contributed by atoms with Crippen molar-refractivity contribution in [1.82, 2.24) is 10.6 Å². The monoisotopic (exact) mass is 326 g/mol. The first-order valence-corrected chi connectivity index (χ1v) is 7.67. The molecular formula is C16H20F2N2O3. The van der Waals surface area contributed by atoms with Crippen LogP contribution in [-0.4, -0.2) is 31.0 Å². The zero-order valence-electron chi connectivity index (χ0n) is 12.7. The van der Waals surface area contributed by atoms with E-state index in [1.807, 2.05) is 0 Å². The topological polar surface area (TPSA) is 67.4 Å². The van der Waals surface area contributed by atoms with E-state index in [1.165, 1.54) is 30.7 Å². The smallest absolute Gasteiger partial charge is 0.387 e. The Balaban J connectivity index is 1.85. The summed E-state index contributed by atoms with van der Waals surface area (Å²) in [6.45, 7) is -3.21. The summed E-state index contributed by atoms with van der Waals surface area (Å²) in [7, 11) is 0. The standard InChI is InChI=1S/C16H20F2N2O3/c17-16(18)23-13-9-5-4-8-12(13)15(22)19-10-14(21)20-11-6-2-1-3-7-11/h4-5,8-9,11,16H,1-3,6-7,10H2,(H,19,22)(H,20,21). The molecule has 23 heavy (non-hydrogen) atoms. The first kappa shape index (κ1) is 17.2. The quantitative estimate of drug-likeness (QED) is 0.844. The number of para-hydroxylation sites is 1. The molecule has 2 amide bonds. The first-order chi connectivity index (χ1) is 11.1. The number of ether oxygens (including phenoxy) is 1. The maximum Gasteiger partial charge on any atom is 0.387 e. The molecule has 0 unspecified atom stereocenters. The number of rotatable bonds is 6. The number of nitrogens with one attached hydrogen (secondary N) is 2. The van der Waals surface area contributed by atoms with Crippen LogP contribution < -0.4 is 15.4 Å². The van der Waals surface area contributed by atoms with Gasteiger partial charge in [0.25, 0.3) is 5.91 Å². The predicted molar refractivity (Wildman–Crippen MR) is 80.4 cm³/mol. The van der Waals surface area contributed by atoms with Gasteiger partial charge < -0.3 is 15.4 Å². The van der Waals surface area contributed by atoms with Crippen LogP contribution in [-0.2, 0) is 4.79 Å². The van der Waals surface area contributed by atoms with Gasteiger partial charge in [-0.15, -0.1) is 0 Å². The molecule has 2 N–H and O–H groups in total. The van der Waals surface area contributed by atoms with Gasteiger partial charge in [-0.1, -0.05) is 31.4 Å². The summed E-state index contributed by atoms with van der Waals surface area (Å²) in [6, 6.07) is 5.83. The van der Waals surface area contributed by atoms with Crippen molar-refractivity contribution < 1.29 is 23.1 Å². The Morgan fingerprint density at radius 1 is 1.17 bits per heavy atom. The number of halogens is 2. The van der Waals surface area contributed by atoms with Gasteiger partial charge in [0.05, 0.1) is 12.1 Å². The van der Waals surface area contributed by atoms with E-state index in [-0.39, 0.29) is 29.8 Å². The third kappa shape index (κ3) is 5.50. The SMILES string of the molecule is O=C(CNC(=O)c1ccccc1OC(F)F)NC1CCCCC1. The van der Waals surface area contributed by atoms with E-state index < -0.39 is 12.5 Å². The lowest BCUT2D eigenvalue weighted by Crippen LogP contribution is -2.42. The summed E-state index contributed by atoms with van der Waals surface area (Å²) in [5.41, 5.74) is -0.0294. The second kappa shape index (κ2) is 8.45. The van der Waals surface area contributed by atoms with E-state index in [2.05, 4.69) is 15.4 Å². The molecule has 0 aromatic heterocycles. The number of carbonyl (C=O) groups is 2. The van der Waals surface area contributed by atoms with Gasteiger partial charge in [0.15, 0.2) is 0 Å². The lowest BCUT2D eigenvalue weighted by atomic mass is 9.95. The average Bonchev–Trinajstić information content (AvgIpc) is 2.53. The van der Waals surface area contributed by atoms with Gasteiger partial charge in [-0.05, 0) is 25.0 Å². The van der Waals surface area contributed by atoms with Crippen LogP contribution in [0.2, 0.25) is 0 Å². The highest BCUT2D eigenvalue weighted by atomic mass is 19.3. The van der Waals surface area contributed by atoms with Crippen LogP contribution in [0.5, 0.6) is 5.75 Å². The summed E-state index contributed by atoms with van der Waals surface area (Å²) in [4.78, 5) is 23.9. The van der Waals surface area contributed by atoms with Crippen LogP contribution in [0.3, 0.4) is 0 Å². The minimum Gasteiger partial charge on any atom is -0.434 e. The Morgan fingerprint density at radius 3 is 2.57 bits per heavy atom. The zero-order chi connectivity index (χ0) is 16.7. The van der Waals surface area contributed by atoms with Crippen LogP contribution in [0.4, 0.5) is 8.78 Å². The molecule has 0 radical (unpaired) electrons. The number of alkyl halides is 2. The van der Waals surface area contributed by atoms with Crippen molar-refractivity contribution in [2.24, 2.45) is 0 Å². The fourth-order valence-electron chi connectivity index (χ4n) is 2.63. The van der Waals surface area contributed by atoms with Gasteiger partial charge in [0.2, 0.25) is 5.91 Å². The highest BCUT2D eigenvalue weighted by molar-refractivity contribution is 5.98. The number of hydrogen-bond donors (Lipinski definition) is 2. The Labute approximate surface area is 133 Å². The molecule has 1 saturated carbocycles. The Morgan fingerprint density at radius 2 is 1.87 bits per heavy atom. The van der Waals surface area contributed by atoms with Crippen molar-refractivity contribution in [3.8, 4) is 5.75 Å². The Hall–Kier alpha value is -2.18. The highest BCUT2D eigenvalue weighted by Crippen LogP contribution is 2.20. The molecule has 1 aromatic carbocycles. The number of amides is 2. The Bertz CT molecular complexity index is 546. The number of carbonyl (C=O) groups excluding carboxylic acids is 2. The van der Waals surface area contributed by atoms with Gasteiger partial charge in [0, 0.05) is 6.04 Å². The molecular weight excluding hydrogens is 306 g/mol. The van der Waals surface area contributed by atoms with Gasteiger partial charge in [-0.25, -0.2) is 0 Å². The number of hydrogen-bond acceptors (Lipinski definition) is 3. The van der Waals surface area contributed by atoms with Crippen LogP contribution in [0.25, 0.3) is 0 Å². The normalized spacial score (nSPS) is 15.3. The lowest BCUT2D eigenvalue weighted by molar-refractivity contribution is -0.121. The van der Waals surface area contributed by atoms with Crippen molar-refractivity contribution in [3.05, 3.63) is 29.8 Å². The van der Waals surface area contributed by atoms with Gasteiger partial charge in [-0.2, -0.15) is 8.78 Å². The third-order valence-corrected chi connectivity index (χ3v) is 3.73. The van der Waals surface area contributed by atoms with Crippen molar-refractivity contribution in [2.75, 3.05) is 6.54 Å². The summed E-state index contributed by atoms with van der Waals surface area (Å²) < 4.78 is 28.9. The molecule has 7 heteroatoms. The molecule has 0 saturated heterocycles. The van der Waals surface area contributed by atoms with Crippen molar-refractivity contribution in [1.29, 1.82) is 0 Å². The van der Waals surface area contributed by atoms with Gasteiger partial charge in [0.1, 0.15) is 5.75 Å². The minimum atomic E-state index is -3.02. The fourth-order valence-corrected chi connectivity index (χ4v) is 2.63. The van der Waals surface area contributed by atoms with E-state index >= 15 is 0 Å². The average molecular weight is 326 g/mol. The van der Waals surface area contributed by atoms with E-state index in [0.717, 1.165) is 25.7 Å². The molecule has 1 aromatic rings. The van der Waals surface area contributed by atoms with Crippen LogP contribution in [0, 0.1) is 0 Å². The molecule has 0 atom stereocenters. The molecule has 1 aliphatic carbocycles. The fraction of sp³-hybridized carbons (Fsp3) is 0.500. The van der Waals surface area contributed by atoms with Crippen molar-refractivity contribution >= 4 is 11.8 Å². The summed E-state index contributed by atoms with van der Waals surface area (Å²) in [5.74, 6) is -1.12. The number of benzene rings is 1.